The van der Waals surface area contributed by atoms with Crippen molar-refractivity contribution in [3.8, 4) is 11.1 Å². The van der Waals surface area contributed by atoms with E-state index in [1.807, 2.05) is 31.2 Å². The van der Waals surface area contributed by atoms with Gasteiger partial charge >= 0.3 is 12.1 Å². The van der Waals surface area contributed by atoms with Gasteiger partial charge in [-0.1, -0.05) is 61.9 Å². The van der Waals surface area contributed by atoms with Gasteiger partial charge in [0.05, 0.1) is 11.8 Å². The van der Waals surface area contributed by atoms with Crippen LogP contribution in [0.15, 0.2) is 48.5 Å². The van der Waals surface area contributed by atoms with Crippen LogP contribution in [0, 0.1) is 11.8 Å². The molecule has 2 N–H and O–H groups in total. The molecule has 7 heteroatoms. The minimum atomic E-state index is -0.821. The number of nitrogens with zero attached hydrogens (tertiary/aromatic N) is 1. The van der Waals surface area contributed by atoms with Gasteiger partial charge in [0.25, 0.3) is 0 Å². The van der Waals surface area contributed by atoms with Crippen LogP contribution < -0.4 is 5.32 Å². The molecule has 2 aliphatic heterocycles. The van der Waals surface area contributed by atoms with E-state index in [0.29, 0.717) is 12.8 Å². The van der Waals surface area contributed by atoms with E-state index in [4.69, 9.17) is 4.74 Å². The van der Waals surface area contributed by atoms with Gasteiger partial charge in [0.2, 0.25) is 5.91 Å². The Hall–Kier alpha value is -3.35. The van der Waals surface area contributed by atoms with E-state index in [9.17, 15) is 19.5 Å². The Balaban J connectivity index is 1.20. The molecule has 2 aromatic rings. The third kappa shape index (κ3) is 4.28. The molecule has 184 valence electrons. The molecule has 0 radical (unpaired) electrons. The first kappa shape index (κ1) is 23.4. The highest BCUT2D eigenvalue weighted by Crippen LogP contribution is 2.45. The van der Waals surface area contributed by atoms with Crippen LogP contribution in [0.25, 0.3) is 11.1 Å². The van der Waals surface area contributed by atoms with Gasteiger partial charge in [0.1, 0.15) is 6.61 Å². The van der Waals surface area contributed by atoms with Crippen molar-refractivity contribution in [3.63, 3.8) is 0 Å². The second-order valence-electron chi connectivity index (χ2n) is 9.92. The van der Waals surface area contributed by atoms with E-state index in [0.717, 1.165) is 30.4 Å². The minimum Gasteiger partial charge on any atom is -0.481 e. The number of hydrogen-bond donors (Lipinski definition) is 2. The number of fused-ring (bicyclic) bond motifs is 5. The fourth-order valence-corrected chi connectivity index (χ4v) is 6.33. The van der Waals surface area contributed by atoms with Gasteiger partial charge in [-0.15, -0.1) is 0 Å². The SMILES string of the molecule is CCCC(CNC(=O)OCC1c2ccccc2-c2ccccc21)C(=O)N1[C@@H]2CC[C@H]1[C@@H](C(=O)O)C2. The van der Waals surface area contributed by atoms with Crippen LogP contribution >= 0.6 is 0 Å². The molecule has 2 heterocycles. The summed E-state index contributed by atoms with van der Waals surface area (Å²) in [5.74, 6) is -1.73. The van der Waals surface area contributed by atoms with Gasteiger partial charge in [-0.25, -0.2) is 4.79 Å². The second-order valence-corrected chi connectivity index (χ2v) is 9.92. The number of carbonyl (C=O) groups is 3. The van der Waals surface area contributed by atoms with E-state index in [1.54, 1.807) is 4.90 Å². The number of carboxylic acid groups (broad SMARTS) is 1. The normalized spacial score (nSPS) is 23.0. The molecule has 35 heavy (non-hydrogen) atoms. The molecule has 0 aromatic heterocycles. The van der Waals surface area contributed by atoms with Crippen molar-refractivity contribution in [3.05, 3.63) is 59.7 Å². The number of alkyl carbamates (subject to hydrolysis) is 1. The van der Waals surface area contributed by atoms with Crippen LogP contribution in [0.4, 0.5) is 4.79 Å². The van der Waals surface area contributed by atoms with Gasteiger partial charge < -0.3 is 20.1 Å². The average Bonchev–Trinajstić information content (AvgIpc) is 3.54. The number of benzene rings is 2. The van der Waals surface area contributed by atoms with E-state index in [-0.39, 0.29) is 43.0 Å². The van der Waals surface area contributed by atoms with Crippen molar-refractivity contribution in [1.82, 2.24) is 10.2 Å². The summed E-state index contributed by atoms with van der Waals surface area (Å²) in [5.41, 5.74) is 4.65. The second kappa shape index (κ2) is 9.72. The summed E-state index contributed by atoms with van der Waals surface area (Å²) >= 11 is 0. The fraction of sp³-hybridized carbons (Fsp3) is 0.464. The highest BCUT2D eigenvalue weighted by atomic mass is 16.5. The lowest BCUT2D eigenvalue weighted by Crippen LogP contribution is -2.45. The van der Waals surface area contributed by atoms with Crippen molar-refractivity contribution < 1.29 is 24.2 Å². The van der Waals surface area contributed by atoms with Crippen LogP contribution in [0.5, 0.6) is 0 Å². The fourth-order valence-electron chi connectivity index (χ4n) is 6.33. The molecule has 2 bridgehead atoms. The Labute approximate surface area is 205 Å². The maximum atomic E-state index is 13.4. The molecular weight excluding hydrogens is 444 g/mol. The summed E-state index contributed by atoms with van der Waals surface area (Å²) in [6.45, 7) is 2.42. The zero-order chi connectivity index (χ0) is 24.5. The maximum Gasteiger partial charge on any atom is 0.407 e. The number of hydrogen-bond acceptors (Lipinski definition) is 4. The highest BCUT2D eigenvalue weighted by Gasteiger charge is 2.52. The Morgan fingerprint density at radius 2 is 1.71 bits per heavy atom. The molecule has 0 spiro atoms. The first-order valence-corrected chi connectivity index (χ1v) is 12.6. The molecular formula is C28H32N2O5. The van der Waals surface area contributed by atoms with Crippen LogP contribution in [-0.2, 0) is 14.3 Å². The van der Waals surface area contributed by atoms with Gasteiger partial charge in [-0.05, 0) is 47.9 Å². The Morgan fingerprint density at radius 3 is 2.31 bits per heavy atom. The smallest absolute Gasteiger partial charge is 0.407 e. The zero-order valence-corrected chi connectivity index (χ0v) is 20.0. The third-order valence-corrected chi connectivity index (χ3v) is 7.93. The summed E-state index contributed by atoms with van der Waals surface area (Å²) in [6, 6.07) is 16.1. The number of carboxylic acids is 1. The summed E-state index contributed by atoms with van der Waals surface area (Å²) in [6.07, 6.45) is 3.04. The molecule has 0 saturated carbocycles. The molecule has 5 rings (SSSR count). The average molecular weight is 477 g/mol. The van der Waals surface area contributed by atoms with Gasteiger partial charge in [-0.2, -0.15) is 0 Å². The predicted octanol–water partition coefficient (Wildman–Crippen LogP) is 4.41. The van der Waals surface area contributed by atoms with E-state index >= 15 is 0 Å². The van der Waals surface area contributed by atoms with E-state index < -0.39 is 18.0 Å². The van der Waals surface area contributed by atoms with Crippen LogP contribution in [0.3, 0.4) is 0 Å². The van der Waals surface area contributed by atoms with Crippen LogP contribution in [0.1, 0.15) is 56.1 Å². The van der Waals surface area contributed by atoms with Crippen molar-refractivity contribution in [2.24, 2.45) is 11.8 Å². The Bertz CT molecular complexity index is 1090. The zero-order valence-electron chi connectivity index (χ0n) is 20.0. The topological polar surface area (TPSA) is 95.9 Å². The summed E-state index contributed by atoms with van der Waals surface area (Å²) < 4.78 is 5.62. The lowest BCUT2D eigenvalue weighted by Gasteiger charge is -2.28. The molecule has 2 saturated heterocycles. The molecule has 1 aliphatic carbocycles. The number of aliphatic carboxylic acids is 1. The number of amides is 2. The standard InChI is InChI=1S/C28H32N2O5/c1-2-7-17(26(31)30-18-12-13-25(30)23(14-18)27(32)33)15-29-28(34)35-16-24-21-10-5-3-8-19(21)20-9-4-6-11-22(20)24/h3-6,8-11,17-18,23-25H,2,7,12-16H2,1H3,(H,29,34)(H,32,33)/t17?,18-,23+,25+/m1/s1. The first-order valence-electron chi connectivity index (χ1n) is 12.6. The van der Waals surface area contributed by atoms with Crippen molar-refractivity contribution in [2.45, 2.75) is 57.0 Å². The van der Waals surface area contributed by atoms with Crippen molar-refractivity contribution in [1.29, 1.82) is 0 Å². The maximum absolute atomic E-state index is 13.4. The van der Waals surface area contributed by atoms with Gasteiger partial charge in [-0.3, -0.25) is 9.59 Å². The molecule has 2 aromatic carbocycles. The monoisotopic (exact) mass is 476 g/mol. The van der Waals surface area contributed by atoms with Gasteiger partial charge in [0.15, 0.2) is 0 Å². The summed E-state index contributed by atoms with van der Waals surface area (Å²) in [4.78, 5) is 39.4. The number of nitrogens with one attached hydrogen (secondary N) is 1. The third-order valence-electron chi connectivity index (χ3n) is 7.93. The predicted molar refractivity (Wildman–Crippen MR) is 131 cm³/mol. The quantitative estimate of drug-likeness (QED) is 0.589. The number of rotatable bonds is 8. The summed E-state index contributed by atoms with van der Waals surface area (Å²) in [5, 5.41) is 12.3. The molecule has 3 aliphatic rings. The number of ether oxygens (including phenoxy) is 1. The van der Waals surface area contributed by atoms with Crippen molar-refractivity contribution >= 4 is 18.0 Å². The van der Waals surface area contributed by atoms with Crippen LogP contribution in [0.2, 0.25) is 0 Å². The highest BCUT2D eigenvalue weighted by molar-refractivity contribution is 5.83. The Kier molecular flexibility index (Phi) is 6.50. The van der Waals surface area contributed by atoms with Gasteiger partial charge in [0, 0.05) is 24.5 Å². The molecule has 4 atom stereocenters. The van der Waals surface area contributed by atoms with Crippen LogP contribution in [-0.4, -0.2) is 53.2 Å². The molecule has 2 amide bonds. The lowest BCUT2D eigenvalue weighted by atomic mass is 9.89. The summed E-state index contributed by atoms with van der Waals surface area (Å²) in [7, 11) is 0. The van der Waals surface area contributed by atoms with E-state index in [1.165, 1.54) is 11.1 Å². The van der Waals surface area contributed by atoms with Crippen molar-refractivity contribution in [2.75, 3.05) is 13.2 Å². The van der Waals surface area contributed by atoms with E-state index in [2.05, 4.69) is 29.6 Å². The molecule has 1 unspecified atom stereocenters. The molecule has 2 fully saturated rings. The number of carbonyl (C=O) groups excluding carboxylic acids is 2. The Morgan fingerprint density at radius 1 is 1.06 bits per heavy atom. The minimum absolute atomic E-state index is 0.00223. The largest absolute Gasteiger partial charge is 0.481 e. The molecule has 7 nitrogen and oxygen atoms in total. The first-order chi connectivity index (χ1) is 17.0. The lowest BCUT2D eigenvalue weighted by molar-refractivity contribution is -0.143.